The van der Waals surface area contributed by atoms with Gasteiger partial charge in [0.2, 0.25) is 16.2 Å². The van der Waals surface area contributed by atoms with E-state index in [1.54, 1.807) is 0 Å². The summed E-state index contributed by atoms with van der Waals surface area (Å²) in [6, 6.07) is 0.729. The van der Waals surface area contributed by atoms with Crippen molar-refractivity contribution in [2.45, 2.75) is 51.0 Å². The Morgan fingerprint density at radius 2 is 1.73 bits per heavy atom. The molecule has 0 atom stereocenters. The first kappa shape index (κ1) is 18.1. The molecule has 4 rings (SSSR count). The van der Waals surface area contributed by atoms with Gasteiger partial charge in [0.15, 0.2) is 0 Å². The van der Waals surface area contributed by atoms with E-state index >= 15 is 0 Å². The minimum Gasteiger partial charge on any atom is -0.381 e. The van der Waals surface area contributed by atoms with E-state index in [1.807, 2.05) is 0 Å². The second kappa shape index (κ2) is 8.63. The summed E-state index contributed by atoms with van der Waals surface area (Å²) in [6.07, 6.45) is 8.08. The summed E-state index contributed by atoms with van der Waals surface area (Å²) in [5.41, 5.74) is 0. The number of amides is 1. The lowest BCUT2D eigenvalue weighted by Crippen LogP contribution is -2.46. The van der Waals surface area contributed by atoms with Crippen molar-refractivity contribution in [1.82, 2.24) is 15.1 Å². The molecule has 8 heteroatoms. The number of carbonyl (C=O) groups is 1. The highest BCUT2D eigenvalue weighted by Gasteiger charge is 2.27. The van der Waals surface area contributed by atoms with Crippen LogP contribution in [0.4, 0.5) is 10.3 Å². The molecule has 0 saturated carbocycles. The lowest BCUT2D eigenvalue weighted by Gasteiger charge is -2.40. The zero-order chi connectivity index (χ0) is 17.8. The number of ether oxygens (including phenoxy) is 1. The molecule has 1 aromatic rings. The Hall–Kier alpha value is -1.25. The summed E-state index contributed by atoms with van der Waals surface area (Å²) in [6.45, 7) is 5.95. The van der Waals surface area contributed by atoms with Crippen molar-refractivity contribution in [3.05, 3.63) is 0 Å². The molecule has 0 unspecified atom stereocenters. The van der Waals surface area contributed by atoms with Crippen LogP contribution in [0.2, 0.25) is 0 Å². The Bertz CT molecular complexity index is 590. The van der Waals surface area contributed by atoms with Crippen molar-refractivity contribution in [1.29, 1.82) is 0 Å². The van der Waals surface area contributed by atoms with Crippen molar-refractivity contribution in [2.24, 2.45) is 5.92 Å². The molecule has 0 spiro atoms. The normalized spacial score (nSPS) is 23.9. The number of piperidine rings is 2. The third-order valence-corrected chi connectivity index (χ3v) is 6.78. The van der Waals surface area contributed by atoms with Gasteiger partial charge in [-0.25, -0.2) is 0 Å². The third kappa shape index (κ3) is 4.35. The first-order valence-corrected chi connectivity index (χ1v) is 10.8. The smallest absolute Gasteiger partial charge is 0.229 e. The molecule has 3 aliphatic rings. The van der Waals surface area contributed by atoms with E-state index in [4.69, 9.17) is 4.74 Å². The summed E-state index contributed by atoms with van der Waals surface area (Å²) < 4.78 is 5.32. The molecule has 1 aromatic heterocycles. The van der Waals surface area contributed by atoms with Crippen LogP contribution >= 0.6 is 11.3 Å². The molecule has 26 heavy (non-hydrogen) atoms. The van der Waals surface area contributed by atoms with Gasteiger partial charge < -0.3 is 19.9 Å². The van der Waals surface area contributed by atoms with Gasteiger partial charge >= 0.3 is 0 Å². The number of anilines is 2. The number of hydrogen-bond donors (Lipinski definition) is 1. The lowest BCUT2D eigenvalue weighted by atomic mass is 10.00. The highest BCUT2D eigenvalue weighted by Crippen LogP contribution is 2.29. The Labute approximate surface area is 159 Å². The summed E-state index contributed by atoms with van der Waals surface area (Å²) in [5, 5.41) is 13.0. The van der Waals surface area contributed by atoms with Gasteiger partial charge in [0.25, 0.3) is 0 Å². The highest BCUT2D eigenvalue weighted by atomic mass is 32.1. The van der Waals surface area contributed by atoms with Gasteiger partial charge in [0.1, 0.15) is 0 Å². The molecule has 0 aliphatic carbocycles. The Kier molecular flexibility index (Phi) is 6.01. The third-order valence-electron chi connectivity index (χ3n) is 5.88. The van der Waals surface area contributed by atoms with Gasteiger partial charge in [0.05, 0.1) is 0 Å². The fraction of sp³-hybridized carbons (Fsp3) is 0.833. The van der Waals surface area contributed by atoms with Crippen molar-refractivity contribution >= 4 is 27.5 Å². The number of hydrogen-bond acceptors (Lipinski definition) is 7. The van der Waals surface area contributed by atoms with Gasteiger partial charge in [-0.1, -0.05) is 17.8 Å². The van der Waals surface area contributed by atoms with Gasteiger partial charge in [0, 0.05) is 38.3 Å². The van der Waals surface area contributed by atoms with E-state index in [-0.39, 0.29) is 11.8 Å². The zero-order valence-corrected chi connectivity index (χ0v) is 16.2. The van der Waals surface area contributed by atoms with E-state index in [0.717, 1.165) is 37.1 Å². The molecule has 4 heterocycles. The van der Waals surface area contributed by atoms with E-state index in [2.05, 4.69) is 25.3 Å². The fourth-order valence-electron chi connectivity index (χ4n) is 4.27. The number of likely N-dealkylation sites (tertiary alicyclic amines) is 1. The van der Waals surface area contributed by atoms with E-state index < -0.39 is 0 Å². The highest BCUT2D eigenvalue weighted by molar-refractivity contribution is 7.19. The first-order valence-electron chi connectivity index (χ1n) is 10.0. The Morgan fingerprint density at radius 1 is 1.00 bits per heavy atom. The van der Waals surface area contributed by atoms with Gasteiger partial charge in [-0.2, -0.15) is 0 Å². The van der Waals surface area contributed by atoms with Crippen LogP contribution in [-0.2, 0) is 9.53 Å². The van der Waals surface area contributed by atoms with Gasteiger partial charge in [-0.3, -0.25) is 4.79 Å². The van der Waals surface area contributed by atoms with Crippen LogP contribution in [0.25, 0.3) is 0 Å². The quantitative estimate of drug-likeness (QED) is 0.866. The number of carbonyl (C=O) groups excluding carboxylic acids is 1. The average Bonchev–Trinajstić information content (AvgIpc) is 3.18. The zero-order valence-electron chi connectivity index (χ0n) is 15.4. The van der Waals surface area contributed by atoms with Crippen LogP contribution in [0.15, 0.2) is 0 Å². The largest absolute Gasteiger partial charge is 0.381 e. The van der Waals surface area contributed by atoms with Crippen LogP contribution in [0.5, 0.6) is 0 Å². The molecule has 0 radical (unpaired) electrons. The molecule has 1 amide bonds. The van der Waals surface area contributed by atoms with Crippen LogP contribution in [0, 0.1) is 5.92 Å². The molecule has 1 N–H and O–H groups in total. The predicted octanol–water partition coefficient (Wildman–Crippen LogP) is 2.36. The molecule has 0 bridgehead atoms. The number of nitrogens with zero attached hydrogens (tertiary/aromatic N) is 4. The summed E-state index contributed by atoms with van der Waals surface area (Å²) in [7, 11) is 0. The molecule has 3 aliphatic heterocycles. The minimum absolute atomic E-state index is 0.0383. The minimum atomic E-state index is 0.0383. The maximum atomic E-state index is 12.3. The van der Waals surface area contributed by atoms with E-state index in [0.29, 0.717) is 18.3 Å². The molecule has 0 aromatic carbocycles. The monoisotopic (exact) mass is 379 g/mol. The van der Waals surface area contributed by atoms with E-state index in [1.165, 1.54) is 56.5 Å². The van der Waals surface area contributed by atoms with Crippen molar-refractivity contribution in [3.8, 4) is 0 Å². The van der Waals surface area contributed by atoms with Crippen molar-refractivity contribution < 1.29 is 9.53 Å². The fourth-order valence-corrected chi connectivity index (χ4v) is 5.07. The second-order valence-corrected chi connectivity index (χ2v) is 8.54. The van der Waals surface area contributed by atoms with Crippen LogP contribution in [-0.4, -0.2) is 66.4 Å². The Morgan fingerprint density at radius 3 is 2.46 bits per heavy atom. The second-order valence-electron chi connectivity index (χ2n) is 7.58. The van der Waals surface area contributed by atoms with Crippen LogP contribution < -0.4 is 10.2 Å². The molecular weight excluding hydrogens is 350 g/mol. The maximum Gasteiger partial charge on any atom is 0.229 e. The molecule has 3 fully saturated rings. The maximum absolute atomic E-state index is 12.3. The van der Waals surface area contributed by atoms with Gasteiger partial charge in [-0.15, -0.1) is 10.2 Å². The van der Waals surface area contributed by atoms with E-state index in [9.17, 15) is 4.79 Å². The van der Waals surface area contributed by atoms with Crippen molar-refractivity contribution in [3.63, 3.8) is 0 Å². The topological polar surface area (TPSA) is 70.6 Å². The summed E-state index contributed by atoms with van der Waals surface area (Å²) in [5.74, 6) is 0.0937. The lowest BCUT2D eigenvalue weighted by molar-refractivity contribution is -0.122. The van der Waals surface area contributed by atoms with Crippen LogP contribution in [0.1, 0.15) is 44.9 Å². The summed E-state index contributed by atoms with van der Waals surface area (Å²) in [4.78, 5) is 17.3. The molecule has 7 nitrogen and oxygen atoms in total. The Balaban J connectivity index is 1.27. The molecule has 144 valence electrons. The number of rotatable bonds is 4. The molecule has 3 saturated heterocycles. The van der Waals surface area contributed by atoms with Gasteiger partial charge in [-0.05, 0) is 51.6 Å². The number of aromatic nitrogens is 2. The molecular formula is C18H29N5O2S. The van der Waals surface area contributed by atoms with Crippen LogP contribution in [0.3, 0.4) is 0 Å². The predicted molar refractivity (Wildman–Crippen MR) is 103 cm³/mol. The van der Waals surface area contributed by atoms with Crippen molar-refractivity contribution in [2.75, 3.05) is 49.6 Å². The number of nitrogens with one attached hydrogen (secondary N) is 1. The first-order chi connectivity index (χ1) is 12.8. The standard InChI is InChI=1S/C18H29N5O2S/c24-16(14-6-12-25-13-7-14)19-17-20-21-18(26-17)23-10-4-15(5-11-23)22-8-2-1-3-9-22/h14-15H,1-13H2,(H,19,20,24). The SMILES string of the molecule is O=C(Nc1nnc(N2CCC(N3CCCCC3)CC2)s1)C1CCOCC1. The summed E-state index contributed by atoms with van der Waals surface area (Å²) >= 11 is 1.50. The average molecular weight is 380 g/mol.